The average molecular weight is 285 g/mol. The first-order chi connectivity index (χ1) is 9.88. The molecule has 3 rings (SSSR count). The van der Waals surface area contributed by atoms with Crippen LogP contribution in [0.4, 0.5) is 0 Å². The van der Waals surface area contributed by atoms with Crippen LogP contribution in [0.2, 0.25) is 0 Å². The van der Waals surface area contributed by atoms with E-state index < -0.39 is 0 Å². The minimum absolute atomic E-state index is 0.327. The Labute approximate surface area is 123 Å². The van der Waals surface area contributed by atoms with Crippen molar-refractivity contribution in [3.8, 4) is 0 Å². The van der Waals surface area contributed by atoms with Crippen LogP contribution in [0.5, 0.6) is 0 Å². The molecule has 0 aliphatic rings. The van der Waals surface area contributed by atoms with Crippen LogP contribution in [0.15, 0.2) is 48.1 Å². The highest BCUT2D eigenvalue weighted by atomic mass is 32.1. The van der Waals surface area contributed by atoms with Gasteiger partial charge in [0.25, 0.3) is 0 Å². The molecule has 0 aliphatic heterocycles. The molecule has 3 heterocycles. The third-order valence-corrected chi connectivity index (χ3v) is 4.36. The van der Waals surface area contributed by atoms with Crippen molar-refractivity contribution in [3.63, 3.8) is 0 Å². The first-order valence-corrected chi connectivity index (χ1v) is 7.94. The van der Waals surface area contributed by atoms with Gasteiger partial charge in [0.15, 0.2) is 0 Å². The third-order valence-electron chi connectivity index (χ3n) is 3.46. The minimum atomic E-state index is 0.327. The molecule has 1 atom stereocenters. The Morgan fingerprint density at radius 1 is 1.30 bits per heavy atom. The third kappa shape index (κ3) is 2.76. The number of hydrogen-bond donors (Lipinski definition) is 1. The Balaban J connectivity index is 1.91. The van der Waals surface area contributed by atoms with Gasteiger partial charge in [-0.1, -0.05) is 19.1 Å². The second kappa shape index (κ2) is 6.20. The lowest BCUT2D eigenvalue weighted by molar-refractivity contribution is 0.535. The van der Waals surface area contributed by atoms with E-state index in [4.69, 9.17) is 0 Å². The minimum Gasteiger partial charge on any atom is -0.310 e. The monoisotopic (exact) mass is 285 g/mol. The number of nitrogens with zero attached hydrogens (tertiary/aromatic N) is 2. The van der Waals surface area contributed by atoms with E-state index in [9.17, 15) is 0 Å². The summed E-state index contributed by atoms with van der Waals surface area (Å²) in [6.45, 7) is 3.23. The van der Waals surface area contributed by atoms with Crippen molar-refractivity contribution in [2.45, 2.75) is 25.8 Å². The van der Waals surface area contributed by atoms with E-state index >= 15 is 0 Å². The van der Waals surface area contributed by atoms with Crippen LogP contribution < -0.4 is 5.32 Å². The summed E-state index contributed by atoms with van der Waals surface area (Å²) in [6.07, 6.45) is 6.16. The maximum Gasteiger partial charge on any atom is 0.0709 e. The lowest BCUT2D eigenvalue weighted by Crippen LogP contribution is -2.23. The summed E-state index contributed by atoms with van der Waals surface area (Å²) in [4.78, 5) is 1.41. The molecule has 0 amide bonds. The van der Waals surface area contributed by atoms with Gasteiger partial charge in [0.1, 0.15) is 0 Å². The predicted octanol–water partition coefficient (Wildman–Crippen LogP) is 3.68. The molecule has 104 valence electrons. The van der Waals surface area contributed by atoms with Gasteiger partial charge >= 0.3 is 0 Å². The smallest absolute Gasteiger partial charge is 0.0709 e. The van der Waals surface area contributed by atoms with Crippen molar-refractivity contribution < 1.29 is 0 Å². The summed E-state index contributed by atoms with van der Waals surface area (Å²) in [6, 6.07) is 10.9. The molecule has 0 saturated heterocycles. The van der Waals surface area contributed by atoms with Crippen LogP contribution in [0, 0.1) is 0 Å². The summed E-state index contributed by atoms with van der Waals surface area (Å²) >= 11 is 1.82. The Bertz CT molecular complexity index is 657. The fourth-order valence-electron chi connectivity index (χ4n) is 2.46. The Kier molecular flexibility index (Phi) is 4.14. The Morgan fingerprint density at radius 2 is 2.25 bits per heavy atom. The van der Waals surface area contributed by atoms with Crippen LogP contribution in [0.1, 0.15) is 29.8 Å². The Hall–Kier alpha value is -1.65. The van der Waals surface area contributed by atoms with Gasteiger partial charge in [-0.05, 0) is 36.5 Å². The molecule has 1 N–H and O–H groups in total. The number of aromatic nitrogens is 2. The van der Waals surface area contributed by atoms with Crippen molar-refractivity contribution in [1.29, 1.82) is 0 Å². The predicted molar refractivity (Wildman–Crippen MR) is 84.2 cm³/mol. The number of fused-ring (bicyclic) bond motifs is 1. The van der Waals surface area contributed by atoms with Crippen molar-refractivity contribution >= 4 is 16.9 Å². The molecule has 4 heteroatoms. The zero-order valence-corrected chi connectivity index (χ0v) is 12.4. The number of thiophene rings is 1. The summed E-state index contributed by atoms with van der Waals surface area (Å²) in [7, 11) is 0. The van der Waals surface area contributed by atoms with Gasteiger partial charge in [0, 0.05) is 29.1 Å². The van der Waals surface area contributed by atoms with Gasteiger partial charge in [0.05, 0.1) is 11.7 Å². The first kappa shape index (κ1) is 13.3. The van der Waals surface area contributed by atoms with Crippen LogP contribution in [0.3, 0.4) is 0 Å². The zero-order chi connectivity index (χ0) is 13.8. The summed E-state index contributed by atoms with van der Waals surface area (Å²) in [5, 5.41) is 10.3. The highest BCUT2D eigenvalue weighted by Crippen LogP contribution is 2.24. The maximum absolute atomic E-state index is 4.46. The van der Waals surface area contributed by atoms with E-state index in [1.165, 1.54) is 16.0 Å². The van der Waals surface area contributed by atoms with Gasteiger partial charge < -0.3 is 5.32 Å². The summed E-state index contributed by atoms with van der Waals surface area (Å²) in [5.74, 6) is 0. The van der Waals surface area contributed by atoms with Crippen molar-refractivity contribution in [1.82, 2.24) is 14.9 Å². The molecule has 1 unspecified atom stereocenters. The molecular weight excluding hydrogens is 266 g/mol. The molecule has 0 spiro atoms. The highest BCUT2D eigenvalue weighted by Gasteiger charge is 2.16. The molecule has 0 aromatic carbocycles. The van der Waals surface area contributed by atoms with E-state index in [2.05, 4.69) is 47.0 Å². The SMILES string of the molecule is CCCNC(Cc1cccs1)c1cnn2ccccc12. The quantitative estimate of drug-likeness (QED) is 0.748. The largest absolute Gasteiger partial charge is 0.310 e. The molecule has 0 saturated carbocycles. The lowest BCUT2D eigenvalue weighted by Gasteiger charge is -2.17. The zero-order valence-electron chi connectivity index (χ0n) is 11.6. The van der Waals surface area contributed by atoms with Crippen molar-refractivity contribution in [2.24, 2.45) is 0 Å². The van der Waals surface area contributed by atoms with E-state index in [1.54, 1.807) is 0 Å². The van der Waals surface area contributed by atoms with E-state index in [0.717, 1.165) is 19.4 Å². The second-order valence-electron chi connectivity index (χ2n) is 4.92. The van der Waals surface area contributed by atoms with Crippen LogP contribution in [-0.2, 0) is 6.42 Å². The molecule has 3 aromatic rings. The molecule has 20 heavy (non-hydrogen) atoms. The van der Waals surface area contributed by atoms with E-state index in [0.29, 0.717) is 6.04 Å². The topological polar surface area (TPSA) is 29.3 Å². The fourth-order valence-corrected chi connectivity index (χ4v) is 3.22. The second-order valence-corrected chi connectivity index (χ2v) is 5.95. The molecule has 3 aromatic heterocycles. The van der Waals surface area contributed by atoms with Crippen molar-refractivity contribution in [2.75, 3.05) is 6.54 Å². The molecule has 3 nitrogen and oxygen atoms in total. The molecule has 0 aliphatic carbocycles. The highest BCUT2D eigenvalue weighted by molar-refractivity contribution is 7.09. The summed E-state index contributed by atoms with van der Waals surface area (Å²) < 4.78 is 1.95. The standard InChI is InChI=1S/C16H19N3S/c1-2-8-17-15(11-13-6-5-10-20-13)14-12-18-19-9-4-3-7-16(14)19/h3-7,9-10,12,15,17H,2,8,11H2,1H3. The van der Waals surface area contributed by atoms with Crippen LogP contribution >= 0.6 is 11.3 Å². The van der Waals surface area contributed by atoms with Gasteiger partial charge in [-0.3, -0.25) is 0 Å². The molecule has 0 radical (unpaired) electrons. The fraction of sp³-hybridized carbons (Fsp3) is 0.312. The average Bonchev–Trinajstić information content (AvgIpc) is 3.12. The summed E-state index contributed by atoms with van der Waals surface area (Å²) in [5.41, 5.74) is 2.48. The van der Waals surface area contributed by atoms with Crippen molar-refractivity contribution in [3.05, 3.63) is 58.5 Å². The van der Waals surface area contributed by atoms with E-state index in [-0.39, 0.29) is 0 Å². The van der Waals surface area contributed by atoms with Gasteiger partial charge in [-0.2, -0.15) is 5.10 Å². The van der Waals surface area contributed by atoms with Crippen LogP contribution in [-0.4, -0.2) is 16.2 Å². The van der Waals surface area contributed by atoms with Gasteiger partial charge in [0.2, 0.25) is 0 Å². The first-order valence-electron chi connectivity index (χ1n) is 7.06. The molecule has 0 fully saturated rings. The number of pyridine rings is 1. The van der Waals surface area contributed by atoms with E-state index in [1.807, 2.05) is 34.3 Å². The number of rotatable bonds is 6. The van der Waals surface area contributed by atoms with Gasteiger partial charge in [-0.15, -0.1) is 11.3 Å². The Morgan fingerprint density at radius 3 is 3.05 bits per heavy atom. The molecule has 0 bridgehead atoms. The van der Waals surface area contributed by atoms with Gasteiger partial charge in [-0.25, -0.2) is 4.52 Å². The van der Waals surface area contributed by atoms with Crippen LogP contribution in [0.25, 0.3) is 5.52 Å². The number of nitrogens with one attached hydrogen (secondary N) is 1. The molecular formula is C16H19N3S. The normalized spacial score (nSPS) is 12.8. The maximum atomic E-state index is 4.46. The lowest BCUT2D eigenvalue weighted by atomic mass is 10.0. The number of hydrogen-bond acceptors (Lipinski definition) is 3.